The van der Waals surface area contributed by atoms with Crippen LogP contribution in [0.15, 0.2) is 40.9 Å². The summed E-state index contributed by atoms with van der Waals surface area (Å²) in [6, 6.07) is 10.8. The smallest absolute Gasteiger partial charge is 0.336 e. The quantitative estimate of drug-likeness (QED) is 0.582. The van der Waals surface area contributed by atoms with Gasteiger partial charge in [-0.15, -0.1) is 0 Å². The molecule has 6 heteroatoms. The first-order chi connectivity index (χ1) is 12.8. The maximum absolute atomic E-state index is 11.8. The molecule has 0 aliphatic carbocycles. The number of carboxylic acids is 1. The summed E-state index contributed by atoms with van der Waals surface area (Å²) in [6.07, 6.45) is -0.0129. The number of aromatic carboxylic acids is 1. The van der Waals surface area contributed by atoms with Crippen molar-refractivity contribution in [3.8, 4) is 22.8 Å². The van der Waals surface area contributed by atoms with E-state index in [1.807, 2.05) is 39.0 Å². The first-order valence-electron chi connectivity index (χ1n) is 8.50. The van der Waals surface area contributed by atoms with Crippen LogP contribution in [0, 0.1) is 6.92 Å². The van der Waals surface area contributed by atoms with E-state index in [4.69, 9.17) is 14.5 Å². The van der Waals surface area contributed by atoms with Crippen LogP contribution in [-0.2, 0) is 0 Å². The zero-order chi connectivity index (χ0) is 19.7. The van der Waals surface area contributed by atoms with Crippen LogP contribution in [0.25, 0.3) is 22.2 Å². The Morgan fingerprint density at radius 2 is 1.96 bits per heavy atom. The number of benzene rings is 2. The lowest BCUT2D eigenvalue weighted by atomic mass is 10.0. The molecular weight excluding hydrogens is 410 g/mol. The highest BCUT2D eigenvalue weighted by molar-refractivity contribution is 9.10. The molecule has 0 bridgehead atoms. The molecule has 0 atom stereocenters. The third kappa shape index (κ3) is 3.76. The largest absolute Gasteiger partial charge is 0.493 e. The number of aryl methyl sites for hydroxylation is 1. The van der Waals surface area contributed by atoms with Gasteiger partial charge in [-0.2, -0.15) is 0 Å². The van der Waals surface area contributed by atoms with Crippen LogP contribution in [0.4, 0.5) is 0 Å². The molecule has 0 unspecified atom stereocenters. The summed E-state index contributed by atoms with van der Waals surface area (Å²) >= 11 is 3.53. The van der Waals surface area contributed by atoms with Crippen molar-refractivity contribution in [2.24, 2.45) is 0 Å². The Balaban J connectivity index is 2.25. The number of aromatic nitrogens is 1. The molecule has 1 aromatic heterocycles. The van der Waals surface area contributed by atoms with Gasteiger partial charge in [0.25, 0.3) is 0 Å². The van der Waals surface area contributed by atoms with Crippen molar-refractivity contribution >= 4 is 32.8 Å². The predicted molar refractivity (Wildman–Crippen MR) is 109 cm³/mol. The van der Waals surface area contributed by atoms with Crippen molar-refractivity contribution in [2.75, 3.05) is 7.11 Å². The second kappa shape index (κ2) is 7.56. The highest BCUT2D eigenvalue weighted by Crippen LogP contribution is 2.40. The van der Waals surface area contributed by atoms with Gasteiger partial charge in [0.2, 0.25) is 0 Å². The van der Waals surface area contributed by atoms with E-state index in [-0.39, 0.29) is 11.7 Å². The summed E-state index contributed by atoms with van der Waals surface area (Å²) in [5.41, 5.74) is 3.11. The molecule has 0 saturated heterocycles. The van der Waals surface area contributed by atoms with E-state index in [1.165, 1.54) is 0 Å². The first kappa shape index (κ1) is 19.2. The van der Waals surface area contributed by atoms with Crippen LogP contribution >= 0.6 is 15.9 Å². The van der Waals surface area contributed by atoms with Gasteiger partial charge in [0.15, 0.2) is 11.5 Å². The fourth-order valence-corrected chi connectivity index (χ4v) is 3.47. The molecule has 0 fully saturated rings. The Hall–Kier alpha value is -2.60. The molecule has 27 heavy (non-hydrogen) atoms. The number of pyridine rings is 1. The molecule has 1 N–H and O–H groups in total. The fourth-order valence-electron chi connectivity index (χ4n) is 2.93. The molecular formula is C21H20BrNO4. The Kier molecular flexibility index (Phi) is 5.37. The van der Waals surface area contributed by atoms with Crippen molar-refractivity contribution < 1.29 is 19.4 Å². The third-order valence-electron chi connectivity index (χ3n) is 4.15. The fraction of sp³-hybridized carbons (Fsp3) is 0.238. The van der Waals surface area contributed by atoms with Crippen LogP contribution in [-0.4, -0.2) is 29.3 Å². The molecule has 1 heterocycles. The van der Waals surface area contributed by atoms with E-state index in [0.717, 1.165) is 11.1 Å². The van der Waals surface area contributed by atoms with Gasteiger partial charge >= 0.3 is 5.97 Å². The van der Waals surface area contributed by atoms with Gasteiger partial charge in [-0.25, -0.2) is 9.78 Å². The molecule has 2 aromatic carbocycles. The van der Waals surface area contributed by atoms with E-state index in [1.54, 1.807) is 25.3 Å². The molecule has 0 radical (unpaired) electrons. The Morgan fingerprint density at radius 1 is 1.22 bits per heavy atom. The molecule has 0 aliphatic rings. The van der Waals surface area contributed by atoms with E-state index in [9.17, 15) is 9.90 Å². The lowest BCUT2D eigenvalue weighted by Crippen LogP contribution is -2.07. The van der Waals surface area contributed by atoms with Crippen LogP contribution < -0.4 is 9.47 Å². The van der Waals surface area contributed by atoms with E-state index >= 15 is 0 Å². The van der Waals surface area contributed by atoms with Crippen LogP contribution in [0.1, 0.15) is 29.8 Å². The number of carboxylic acid groups (broad SMARTS) is 1. The average molecular weight is 430 g/mol. The average Bonchev–Trinajstić information content (AvgIpc) is 2.62. The van der Waals surface area contributed by atoms with Crippen LogP contribution in [0.5, 0.6) is 11.5 Å². The van der Waals surface area contributed by atoms with Crippen molar-refractivity contribution in [3.05, 3.63) is 52.0 Å². The highest BCUT2D eigenvalue weighted by atomic mass is 79.9. The zero-order valence-corrected chi connectivity index (χ0v) is 17.1. The second-order valence-electron chi connectivity index (χ2n) is 6.49. The minimum atomic E-state index is -0.986. The molecule has 3 aromatic rings. The summed E-state index contributed by atoms with van der Waals surface area (Å²) in [6.45, 7) is 5.79. The Labute approximate surface area is 166 Å². The number of halogens is 1. The highest BCUT2D eigenvalue weighted by Gasteiger charge is 2.18. The van der Waals surface area contributed by atoms with E-state index < -0.39 is 5.97 Å². The van der Waals surface area contributed by atoms with Crippen molar-refractivity contribution in [1.82, 2.24) is 4.98 Å². The van der Waals surface area contributed by atoms with E-state index in [0.29, 0.717) is 32.6 Å². The lowest BCUT2D eigenvalue weighted by Gasteiger charge is -2.17. The normalized spacial score (nSPS) is 11.0. The van der Waals surface area contributed by atoms with Crippen LogP contribution in [0.3, 0.4) is 0 Å². The molecule has 0 aliphatic heterocycles. The van der Waals surface area contributed by atoms with Gasteiger partial charge in [-0.1, -0.05) is 18.2 Å². The van der Waals surface area contributed by atoms with Gasteiger partial charge < -0.3 is 14.6 Å². The number of hydrogen-bond donors (Lipinski definition) is 1. The summed E-state index contributed by atoms with van der Waals surface area (Å²) in [7, 11) is 1.57. The van der Waals surface area contributed by atoms with Crippen molar-refractivity contribution in [3.63, 3.8) is 0 Å². The molecule has 0 amide bonds. The molecule has 5 nitrogen and oxygen atoms in total. The third-order valence-corrected chi connectivity index (χ3v) is 4.74. The molecule has 0 spiro atoms. The first-order valence-corrected chi connectivity index (χ1v) is 9.29. The second-order valence-corrected chi connectivity index (χ2v) is 7.34. The lowest BCUT2D eigenvalue weighted by molar-refractivity contribution is 0.0699. The molecule has 140 valence electrons. The summed E-state index contributed by atoms with van der Waals surface area (Å²) in [5.74, 6) is 0.170. The number of nitrogens with zero attached hydrogens (tertiary/aromatic N) is 1. The number of fused-ring (bicyclic) bond motifs is 1. The van der Waals surface area contributed by atoms with Crippen LogP contribution in [0.2, 0.25) is 0 Å². The minimum Gasteiger partial charge on any atom is -0.493 e. The Morgan fingerprint density at radius 3 is 2.59 bits per heavy atom. The van der Waals surface area contributed by atoms with Gasteiger partial charge in [-0.05, 0) is 60.5 Å². The maximum Gasteiger partial charge on any atom is 0.336 e. The summed E-state index contributed by atoms with van der Waals surface area (Å²) in [4.78, 5) is 16.5. The van der Waals surface area contributed by atoms with Gasteiger partial charge in [0.1, 0.15) is 0 Å². The monoisotopic (exact) mass is 429 g/mol. The molecule has 3 rings (SSSR count). The summed E-state index contributed by atoms with van der Waals surface area (Å²) in [5, 5.41) is 10.3. The van der Waals surface area contributed by atoms with Crippen molar-refractivity contribution in [2.45, 2.75) is 26.9 Å². The van der Waals surface area contributed by atoms with Gasteiger partial charge in [0.05, 0.1) is 34.5 Å². The summed E-state index contributed by atoms with van der Waals surface area (Å²) < 4.78 is 12.0. The SMILES string of the molecule is COc1cc(-c2cc(C(=O)O)c3cccc(C)c3n2)cc(Br)c1OC(C)C. The predicted octanol–water partition coefficient (Wildman–Crippen LogP) is 5.47. The maximum atomic E-state index is 11.8. The number of ether oxygens (including phenoxy) is 2. The minimum absolute atomic E-state index is 0.0129. The van der Waals surface area contributed by atoms with Crippen molar-refractivity contribution in [1.29, 1.82) is 0 Å². The van der Waals surface area contributed by atoms with Gasteiger partial charge in [-0.3, -0.25) is 0 Å². The number of para-hydroxylation sites is 1. The zero-order valence-electron chi connectivity index (χ0n) is 15.5. The number of methoxy groups -OCH3 is 1. The van der Waals surface area contributed by atoms with Gasteiger partial charge in [0, 0.05) is 10.9 Å². The number of carbonyl (C=O) groups is 1. The number of hydrogen-bond acceptors (Lipinski definition) is 4. The number of rotatable bonds is 5. The van der Waals surface area contributed by atoms with E-state index in [2.05, 4.69) is 15.9 Å². The molecule has 0 saturated carbocycles. The Bertz CT molecular complexity index is 1030. The standard InChI is InChI=1S/C21H20BrNO4/c1-11(2)27-20-16(22)8-13(9-18(20)26-4)17-10-15(21(24)25)14-7-5-6-12(3)19(14)23-17/h5-11H,1-4H3,(H,24,25). The topological polar surface area (TPSA) is 68.7 Å².